The van der Waals surface area contributed by atoms with Crippen molar-refractivity contribution in [1.29, 1.82) is 0 Å². The van der Waals surface area contributed by atoms with E-state index in [1.807, 2.05) is 0 Å². The van der Waals surface area contributed by atoms with Gasteiger partial charge >= 0.3 is 6.18 Å². The number of carbonyl (C=O) groups is 1. The van der Waals surface area contributed by atoms with Gasteiger partial charge in [0.1, 0.15) is 0 Å². The maximum absolute atomic E-state index is 12.4. The third-order valence-corrected chi connectivity index (χ3v) is 4.15. The topological polar surface area (TPSA) is 35.6 Å². The molecule has 0 aliphatic carbocycles. The number of alkyl halides is 3. The maximum Gasteiger partial charge on any atom is 0.401 e. The molecule has 2 aliphatic heterocycles. The molecule has 116 valence electrons. The first-order valence-corrected chi connectivity index (χ1v) is 7.17. The largest absolute Gasteiger partial charge is 0.401 e. The summed E-state index contributed by atoms with van der Waals surface area (Å²) in [5.41, 5.74) is 0. The molecule has 1 amide bonds. The van der Waals surface area contributed by atoms with Crippen molar-refractivity contribution in [2.75, 3.05) is 39.3 Å². The zero-order valence-electron chi connectivity index (χ0n) is 11.7. The Balaban J connectivity index is 1.86. The van der Waals surface area contributed by atoms with E-state index in [-0.39, 0.29) is 17.9 Å². The van der Waals surface area contributed by atoms with E-state index in [1.54, 1.807) is 11.8 Å². The van der Waals surface area contributed by atoms with E-state index in [0.29, 0.717) is 19.6 Å². The minimum Gasteiger partial charge on any atom is -0.340 e. The van der Waals surface area contributed by atoms with Gasteiger partial charge in [0.25, 0.3) is 0 Å². The van der Waals surface area contributed by atoms with Gasteiger partial charge in [-0.15, -0.1) is 0 Å². The highest BCUT2D eigenvalue weighted by atomic mass is 19.4. The molecule has 0 saturated carbocycles. The van der Waals surface area contributed by atoms with Crippen molar-refractivity contribution >= 4 is 5.91 Å². The zero-order chi connectivity index (χ0) is 14.8. The quantitative estimate of drug-likeness (QED) is 0.827. The third kappa shape index (κ3) is 4.09. The molecule has 1 unspecified atom stereocenters. The highest BCUT2D eigenvalue weighted by Gasteiger charge is 2.37. The molecule has 2 saturated heterocycles. The van der Waals surface area contributed by atoms with Gasteiger partial charge in [0, 0.05) is 31.6 Å². The van der Waals surface area contributed by atoms with Gasteiger partial charge in [-0.2, -0.15) is 13.2 Å². The molecule has 4 nitrogen and oxygen atoms in total. The van der Waals surface area contributed by atoms with Gasteiger partial charge in [0.2, 0.25) is 5.91 Å². The van der Waals surface area contributed by atoms with Gasteiger partial charge in [-0.3, -0.25) is 9.69 Å². The number of halogens is 3. The lowest BCUT2D eigenvalue weighted by Gasteiger charge is -2.41. The maximum atomic E-state index is 12.4. The molecule has 0 aromatic carbocycles. The van der Waals surface area contributed by atoms with Crippen LogP contribution in [0.15, 0.2) is 0 Å². The highest BCUT2D eigenvalue weighted by Crippen LogP contribution is 2.22. The van der Waals surface area contributed by atoms with Crippen LogP contribution in [-0.4, -0.2) is 67.2 Å². The Hall–Kier alpha value is -0.820. The van der Waals surface area contributed by atoms with Crippen molar-refractivity contribution < 1.29 is 18.0 Å². The summed E-state index contributed by atoms with van der Waals surface area (Å²) in [7, 11) is 0. The number of rotatable bonds is 2. The molecular weight excluding hydrogens is 271 g/mol. The molecule has 0 radical (unpaired) electrons. The van der Waals surface area contributed by atoms with Gasteiger partial charge in [0.15, 0.2) is 0 Å². The fourth-order valence-corrected chi connectivity index (χ4v) is 2.99. The van der Waals surface area contributed by atoms with Crippen molar-refractivity contribution in [2.24, 2.45) is 5.92 Å². The van der Waals surface area contributed by atoms with Crippen LogP contribution in [0, 0.1) is 5.92 Å². The molecule has 0 aromatic heterocycles. The number of piperazine rings is 1. The average Bonchev–Trinajstić information content (AvgIpc) is 2.40. The normalized spacial score (nSPS) is 26.8. The van der Waals surface area contributed by atoms with Gasteiger partial charge in [-0.1, -0.05) is 0 Å². The number of nitrogens with one attached hydrogen (secondary N) is 1. The van der Waals surface area contributed by atoms with Gasteiger partial charge in [-0.05, 0) is 32.9 Å². The molecule has 1 N–H and O–H groups in total. The molecule has 1 atom stereocenters. The molecule has 2 rings (SSSR count). The van der Waals surface area contributed by atoms with Crippen molar-refractivity contribution in [3.63, 3.8) is 0 Å². The van der Waals surface area contributed by atoms with Crippen LogP contribution < -0.4 is 5.32 Å². The average molecular weight is 293 g/mol. The van der Waals surface area contributed by atoms with E-state index in [2.05, 4.69) is 5.32 Å². The predicted octanol–water partition coefficient (Wildman–Crippen LogP) is 1.08. The van der Waals surface area contributed by atoms with Crippen LogP contribution in [0.4, 0.5) is 13.2 Å². The Labute approximate surface area is 117 Å². The molecule has 2 heterocycles. The number of hydrogen-bond donors (Lipinski definition) is 1. The minimum absolute atomic E-state index is 0.0395. The fraction of sp³-hybridized carbons (Fsp3) is 0.923. The van der Waals surface area contributed by atoms with Crippen molar-refractivity contribution in [3.05, 3.63) is 0 Å². The molecule has 2 fully saturated rings. The van der Waals surface area contributed by atoms with E-state index in [4.69, 9.17) is 0 Å². The lowest BCUT2D eigenvalue weighted by Crippen LogP contribution is -2.57. The standard InChI is InChI=1S/C13H22F3N3O/c1-10-8-18(6-7-19(10)9-13(14,15)16)12(20)11-2-4-17-5-3-11/h10-11,17H,2-9H2,1H3. The Bertz CT molecular complexity index is 342. The SMILES string of the molecule is CC1CN(C(=O)C2CCNCC2)CCN1CC(F)(F)F. The number of piperidine rings is 1. The van der Waals surface area contributed by atoms with Gasteiger partial charge < -0.3 is 10.2 Å². The lowest BCUT2D eigenvalue weighted by atomic mass is 9.96. The summed E-state index contributed by atoms with van der Waals surface area (Å²) in [4.78, 5) is 15.5. The summed E-state index contributed by atoms with van der Waals surface area (Å²) >= 11 is 0. The predicted molar refractivity (Wildman–Crippen MR) is 69.3 cm³/mol. The van der Waals surface area contributed by atoms with Crippen LogP contribution in [-0.2, 0) is 4.79 Å². The monoisotopic (exact) mass is 293 g/mol. The summed E-state index contributed by atoms with van der Waals surface area (Å²) in [5.74, 6) is 0.155. The van der Waals surface area contributed by atoms with Crippen LogP contribution in [0.2, 0.25) is 0 Å². The van der Waals surface area contributed by atoms with Crippen molar-refractivity contribution in [1.82, 2.24) is 15.1 Å². The van der Waals surface area contributed by atoms with Crippen LogP contribution in [0.25, 0.3) is 0 Å². The van der Waals surface area contributed by atoms with E-state index in [0.717, 1.165) is 25.9 Å². The molecule has 20 heavy (non-hydrogen) atoms. The number of amides is 1. The molecular formula is C13H22F3N3O. The smallest absolute Gasteiger partial charge is 0.340 e. The number of carbonyl (C=O) groups excluding carboxylic acids is 1. The highest BCUT2D eigenvalue weighted by molar-refractivity contribution is 5.79. The molecule has 7 heteroatoms. The molecule has 0 spiro atoms. The first-order chi connectivity index (χ1) is 9.37. The summed E-state index contributed by atoms with van der Waals surface area (Å²) in [6.45, 7) is 3.68. The Morgan fingerprint density at radius 2 is 1.90 bits per heavy atom. The summed E-state index contributed by atoms with van der Waals surface area (Å²) in [6, 6.07) is -0.240. The van der Waals surface area contributed by atoms with Crippen LogP contribution in [0.1, 0.15) is 19.8 Å². The Kier molecular flexibility index (Phi) is 4.90. The van der Waals surface area contributed by atoms with Gasteiger partial charge in [-0.25, -0.2) is 0 Å². The number of hydrogen-bond acceptors (Lipinski definition) is 3. The number of nitrogens with zero attached hydrogens (tertiary/aromatic N) is 2. The second kappa shape index (κ2) is 6.30. The first kappa shape index (κ1) is 15.6. The summed E-state index contributed by atoms with van der Waals surface area (Å²) in [5, 5.41) is 3.21. The van der Waals surface area contributed by atoms with Crippen LogP contribution in [0.3, 0.4) is 0 Å². The first-order valence-electron chi connectivity index (χ1n) is 7.17. The van der Waals surface area contributed by atoms with E-state index in [9.17, 15) is 18.0 Å². The molecule has 2 aliphatic rings. The van der Waals surface area contributed by atoms with E-state index >= 15 is 0 Å². The van der Waals surface area contributed by atoms with Crippen molar-refractivity contribution in [2.45, 2.75) is 32.0 Å². The summed E-state index contributed by atoms with van der Waals surface area (Å²) in [6.07, 6.45) is -2.51. The second-order valence-electron chi connectivity index (χ2n) is 5.74. The van der Waals surface area contributed by atoms with Crippen molar-refractivity contribution in [3.8, 4) is 0 Å². The lowest BCUT2D eigenvalue weighted by molar-refractivity contribution is -0.158. The zero-order valence-corrected chi connectivity index (χ0v) is 11.7. The van der Waals surface area contributed by atoms with Gasteiger partial charge in [0.05, 0.1) is 6.54 Å². The fourth-order valence-electron chi connectivity index (χ4n) is 2.99. The molecule has 0 aromatic rings. The Morgan fingerprint density at radius 3 is 2.45 bits per heavy atom. The van der Waals surface area contributed by atoms with Crippen LogP contribution >= 0.6 is 0 Å². The van der Waals surface area contributed by atoms with E-state index in [1.165, 1.54) is 4.90 Å². The second-order valence-corrected chi connectivity index (χ2v) is 5.74. The van der Waals surface area contributed by atoms with Crippen LogP contribution in [0.5, 0.6) is 0 Å². The Morgan fingerprint density at radius 1 is 1.25 bits per heavy atom. The third-order valence-electron chi connectivity index (χ3n) is 4.15. The van der Waals surface area contributed by atoms with E-state index < -0.39 is 12.7 Å². The summed E-state index contributed by atoms with van der Waals surface area (Å²) < 4.78 is 37.3. The molecule has 0 bridgehead atoms. The minimum atomic E-state index is -4.17.